The summed E-state index contributed by atoms with van der Waals surface area (Å²) in [5, 5.41) is 35.8. The Hall–Kier alpha value is -2.64. The number of phenolic OH excluding ortho intramolecular Hbond substituents is 1. The molecule has 0 saturated heterocycles. The Kier molecular flexibility index (Phi) is 18.7. The predicted molar refractivity (Wildman–Crippen MR) is 209 cm³/mol. The van der Waals surface area contributed by atoms with Crippen molar-refractivity contribution in [3.63, 3.8) is 0 Å². The molecule has 0 fully saturated rings. The summed E-state index contributed by atoms with van der Waals surface area (Å²) < 4.78 is 143. The number of hydrogen-bond acceptors (Lipinski definition) is 20. The van der Waals surface area contributed by atoms with Crippen molar-refractivity contribution in [1.82, 2.24) is 0 Å². The second-order valence-corrected chi connectivity index (χ2v) is 18.1. The smallest absolute Gasteiger partial charge is 0.744 e. The van der Waals surface area contributed by atoms with Crippen molar-refractivity contribution < 1.29 is 175 Å². The normalized spacial score (nSPS) is 12.3. The van der Waals surface area contributed by atoms with Crippen LogP contribution < -0.4 is 124 Å². The molecular weight excluding hydrogens is 959 g/mol. The van der Waals surface area contributed by atoms with E-state index in [1.54, 1.807) is 0 Å². The molecule has 7 aromatic rings. The van der Waals surface area contributed by atoms with E-state index in [0.29, 0.717) is 0 Å². The fourth-order valence-electron chi connectivity index (χ4n) is 5.93. The zero-order chi connectivity index (χ0) is 43.4. The van der Waals surface area contributed by atoms with Gasteiger partial charge in [-0.3, -0.25) is 0 Å². The SMILES string of the molecule is Nc1ccc2c(O)c(N=Nc3ccc(N=Nc4ccc(N=Nc5cccc(S(=O)(=O)[O-])c5)c5ccc(S(=O)(=O)[O-])cc45)c4ccc(S(=O)(=O)[O-])cc34)c(S(=O)(=O)[O-])cc2c1.[Na+].[Na+].[Na+].[Na+]. The van der Waals surface area contributed by atoms with Crippen LogP contribution in [0, 0.1) is 0 Å². The van der Waals surface area contributed by atoms with Gasteiger partial charge in [0.05, 0.1) is 48.0 Å². The Labute approximate surface area is 452 Å². The largest absolute Gasteiger partial charge is 1.00 e. The number of nitrogen functional groups attached to an aromatic ring is 1. The fraction of sp³-hybridized carbons (Fsp3) is 0. The Morgan fingerprint density at radius 3 is 1.31 bits per heavy atom. The van der Waals surface area contributed by atoms with Crippen LogP contribution in [0.15, 0.2) is 159 Å². The van der Waals surface area contributed by atoms with E-state index in [0.717, 1.165) is 42.5 Å². The van der Waals surface area contributed by atoms with E-state index >= 15 is 0 Å². The number of phenols is 1. The minimum absolute atomic E-state index is 0. The fourth-order valence-corrected chi connectivity index (χ4v) is 8.08. The average molecular weight is 980 g/mol. The Balaban J connectivity index is 0.00000272. The Bertz CT molecular complexity index is 3550. The van der Waals surface area contributed by atoms with Crippen LogP contribution in [-0.4, -0.2) is 57.0 Å². The first-order chi connectivity index (χ1) is 28.1. The third-order valence-electron chi connectivity index (χ3n) is 8.71. The van der Waals surface area contributed by atoms with Gasteiger partial charge in [0.2, 0.25) is 0 Å². The first-order valence-electron chi connectivity index (χ1n) is 16.5. The maximum Gasteiger partial charge on any atom is 1.00 e. The van der Waals surface area contributed by atoms with Crippen LogP contribution in [-0.2, 0) is 40.5 Å². The van der Waals surface area contributed by atoms with Gasteiger partial charge in [0.25, 0.3) is 0 Å². The van der Waals surface area contributed by atoms with Gasteiger partial charge in [-0.1, -0.05) is 18.2 Å². The van der Waals surface area contributed by atoms with Crippen molar-refractivity contribution in [1.29, 1.82) is 0 Å². The molecule has 20 nitrogen and oxygen atoms in total. The van der Waals surface area contributed by atoms with Crippen LogP contribution in [0.3, 0.4) is 0 Å². The van der Waals surface area contributed by atoms with Gasteiger partial charge >= 0.3 is 118 Å². The third-order valence-corrected chi connectivity index (χ3v) is 12.1. The van der Waals surface area contributed by atoms with Gasteiger partial charge < -0.3 is 29.1 Å². The van der Waals surface area contributed by atoms with Crippen LogP contribution in [0.5, 0.6) is 5.75 Å². The average Bonchev–Trinajstić information content (AvgIpc) is 3.17. The van der Waals surface area contributed by atoms with E-state index in [1.165, 1.54) is 66.7 Å². The van der Waals surface area contributed by atoms with Gasteiger partial charge in [-0.2, -0.15) is 5.11 Å². The third kappa shape index (κ3) is 12.5. The van der Waals surface area contributed by atoms with Gasteiger partial charge in [-0.25, -0.2) is 33.7 Å². The van der Waals surface area contributed by atoms with E-state index in [4.69, 9.17) is 5.73 Å². The Morgan fingerprint density at radius 1 is 0.422 bits per heavy atom. The van der Waals surface area contributed by atoms with Crippen LogP contribution in [0.25, 0.3) is 32.3 Å². The van der Waals surface area contributed by atoms with E-state index in [-0.39, 0.29) is 185 Å². The maximum absolute atomic E-state index is 12.2. The molecule has 0 unspecified atom stereocenters. The molecule has 0 aliphatic carbocycles. The number of nitrogens with zero attached hydrogens (tertiary/aromatic N) is 6. The summed E-state index contributed by atoms with van der Waals surface area (Å²) in [5.74, 6) is -0.736. The number of aromatic hydroxyl groups is 1. The minimum Gasteiger partial charge on any atom is -0.744 e. The molecule has 0 aliphatic rings. The molecule has 28 heteroatoms. The summed E-state index contributed by atoms with van der Waals surface area (Å²) in [6.07, 6.45) is 0. The second-order valence-electron chi connectivity index (χ2n) is 12.6. The van der Waals surface area contributed by atoms with Gasteiger partial charge in [0.15, 0.2) is 5.75 Å². The standard InChI is InChI=1S/C36H25N7O13S4.4Na/c37-20-4-7-25-19(14-20)15-34(60(54,55)56)35(36(25)44)43-42-33-13-11-31(27-9-6-24(18-29(27)33)59(51,52)53)40-41-32-12-10-30(26-8-5-23(17-28(26)32)58(48,49)50)39-38-21-2-1-3-22(16-21)57(45,46)47;;;;/h1-18,44H,37H2,(H,45,46,47)(H,48,49,50)(H,51,52,53)(H,54,55,56);;;;/q;4*+1/p-4. The molecule has 0 amide bonds. The van der Waals surface area contributed by atoms with Crippen molar-refractivity contribution in [2.45, 2.75) is 19.6 Å². The van der Waals surface area contributed by atoms with E-state index < -0.39 is 71.5 Å². The monoisotopic (exact) mass is 979 g/mol. The molecule has 0 atom stereocenters. The van der Waals surface area contributed by atoms with Crippen molar-refractivity contribution in [3.8, 4) is 5.75 Å². The van der Waals surface area contributed by atoms with E-state index in [2.05, 4.69) is 30.7 Å². The summed E-state index contributed by atoms with van der Waals surface area (Å²) in [6.45, 7) is 0. The van der Waals surface area contributed by atoms with Gasteiger partial charge in [0, 0.05) is 32.6 Å². The summed E-state index contributed by atoms with van der Waals surface area (Å²) in [6, 6.07) is 21.4. The molecule has 0 bridgehead atoms. The number of rotatable bonds is 10. The van der Waals surface area contributed by atoms with E-state index in [9.17, 15) is 57.0 Å². The molecule has 64 heavy (non-hydrogen) atoms. The maximum atomic E-state index is 12.2. The molecule has 306 valence electrons. The van der Waals surface area contributed by atoms with Crippen LogP contribution in [0.4, 0.5) is 39.8 Å². The summed E-state index contributed by atoms with van der Waals surface area (Å²) in [4.78, 5) is -2.86. The van der Waals surface area contributed by atoms with Gasteiger partial charge in [0.1, 0.15) is 46.2 Å². The van der Waals surface area contributed by atoms with Crippen LogP contribution in [0.2, 0.25) is 0 Å². The molecule has 0 aliphatic heterocycles. The van der Waals surface area contributed by atoms with Crippen molar-refractivity contribution in [2.24, 2.45) is 30.7 Å². The molecule has 3 N–H and O–H groups in total. The van der Waals surface area contributed by atoms with Gasteiger partial charge in [-0.15, -0.1) is 25.6 Å². The topological polar surface area (TPSA) is 349 Å². The molecule has 0 saturated carbocycles. The predicted octanol–water partition coefficient (Wildman–Crippen LogP) is -4.69. The summed E-state index contributed by atoms with van der Waals surface area (Å²) in [7, 11) is -20.1. The first-order valence-corrected chi connectivity index (χ1v) is 22.1. The van der Waals surface area contributed by atoms with Crippen LogP contribution >= 0.6 is 0 Å². The molecule has 7 aromatic carbocycles. The molecule has 0 radical (unpaired) electrons. The molecule has 0 heterocycles. The molecule has 0 spiro atoms. The zero-order valence-electron chi connectivity index (χ0n) is 33.6. The molecule has 0 aromatic heterocycles. The quantitative estimate of drug-likeness (QED) is 0.0563. The number of benzene rings is 7. The number of anilines is 1. The molecular formula is C36H21N7Na4O13S4. The van der Waals surface area contributed by atoms with Crippen molar-refractivity contribution in [3.05, 3.63) is 109 Å². The zero-order valence-corrected chi connectivity index (χ0v) is 44.9. The first kappa shape index (κ1) is 55.7. The van der Waals surface area contributed by atoms with Crippen molar-refractivity contribution in [2.75, 3.05) is 5.73 Å². The Morgan fingerprint density at radius 2 is 0.844 bits per heavy atom. The van der Waals surface area contributed by atoms with Crippen LogP contribution in [0.1, 0.15) is 0 Å². The summed E-state index contributed by atoms with van der Waals surface area (Å²) in [5.41, 5.74) is 5.10. The van der Waals surface area contributed by atoms with Crippen molar-refractivity contribution >= 4 is 113 Å². The number of fused-ring (bicyclic) bond motifs is 3. The second kappa shape index (κ2) is 21.5. The van der Waals surface area contributed by atoms with E-state index in [1.807, 2.05) is 0 Å². The molecule has 7 rings (SSSR count). The number of hydrogen-bond donors (Lipinski definition) is 2. The number of azo groups is 3. The summed E-state index contributed by atoms with van der Waals surface area (Å²) >= 11 is 0. The minimum atomic E-state index is -5.27. The van der Waals surface area contributed by atoms with Gasteiger partial charge in [-0.05, 0) is 96.4 Å². The number of nitrogens with two attached hydrogens (primary N) is 1.